The van der Waals surface area contributed by atoms with Gasteiger partial charge in [0, 0.05) is 31.4 Å². The highest BCUT2D eigenvalue weighted by atomic mass is 16.5. The summed E-state index contributed by atoms with van der Waals surface area (Å²) in [6.07, 6.45) is 2.26. The smallest absolute Gasteiger partial charge is 0.251 e. The van der Waals surface area contributed by atoms with E-state index in [-0.39, 0.29) is 5.91 Å². The molecule has 0 saturated heterocycles. The standard InChI is InChI=1S/C22H21N3O5/c1-27-10-4-9-23-21(26)14-7-8-19-17(12-14)20(25-30-19)18-13-29-22(24-18)15-5-3-6-16(11-15)28-2/h3,5-8,11-13H,4,9-10H2,1-2H3,(H,23,26). The number of aromatic nitrogens is 2. The topological polar surface area (TPSA) is 99.6 Å². The molecule has 0 atom stereocenters. The maximum Gasteiger partial charge on any atom is 0.251 e. The number of nitrogens with zero attached hydrogens (tertiary/aromatic N) is 2. The number of methoxy groups -OCH3 is 2. The molecule has 8 nitrogen and oxygen atoms in total. The first-order chi connectivity index (χ1) is 14.7. The zero-order chi connectivity index (χ0) is 20.9. The van der Waals surface area contributed by atoms with Crippen molar-refractivity contribution in [3.05, 3.63) is 54.3 Å². The predicted molar refractivity (Wildman–Crippen MR) is 110 cm³/mol. The number of benzene rings is 2. The molecule has 0 aliphatic carbocycles. The average Bonchev–Trinajstić information content (AvgIpc) is 3.43. The average molecular weight is 407 g/mol. The van der Waals surface area contributed by atoms with Crippen LogP contribution in [0.25, 0.3) is 33.8 Å². The fraction of sp³-hybridized carbons (Fsp3) is 0.227. The summed E-state index contributed by atoms with van der Waals surface area (Å²) in [5.74, 6) is 0.977. The first-order valence-electron chi connectivity index (χ1n) is 9.46. The minimum atomic E-state index is -0.169. The van der Waals surface area contributed by atoms with E-state index in [1.165, 1.54) is 6.26 Å². The summed E-state index contributed by atoms with van der Waals surface area (Å²) in [4.78, 5) is 17.0. The highest BCUT2D eigenvalue weighted by Crippen LogP contribution is 2.31. The number of ether oxygens (including phenoxy) is 2. The summed E-state index contributed by atoms with van der Waals surface area (Å²) in [5, 5.41) is 7.68. The molecule has 2 heterocycles. The van der Waals surface area contributed by atoms with Gasteiger partial charge in [0.1, 0.15) is 23.4 Å². The van der Waals surface area contributed by atoms with Crippen molar-refractivity contribution < 1.29 is 23.2 Å². The molecule has 0 bridgehead atoms. The lowest BCUT2D eigenvalue weighted by atomic mass is 10.1. The Kier molecular flexibility index (Phi) is 5.76. The van der Waals surface area contributed by atoms with Crippen LogP contribution in [-0.2, 0) is 4.74 Å². The summed E-state index contributed by atoms with van der Waals surface area (Å²) >= 11 is 0. The van der Waals surface area contributed by atoms with Crippen LogP contribution < -0.4 is 10.1 Å². The zero-order valence-electron chi connectivity index (χ0n) is 16.7. The second-order valence-electron chi connectivity index (χ2n) is 6.61. The van der Waals surface area contributed by atoms with Crippen molar-refractivity contribution in [2.24, 2.45) is 0 Å². The summed E-state index contributed by atoms with van der Waals surface area (Å²) in [7, 11) is 3.24. The molecule has 8 heteroatoms. The third kappa shape index (κ3) is 4.04. The Morgan fingerprint density at radius 1 is 1.17 bits per heavy atom. The molecular formula is C22H21N3O5. The van der Waals surface area contributed by atoms with Crippen molar-refractivity contribution >= 4 is 16.9 Å². The Hall–Kier alpha value is -3.65. The fourth-order valence-corrected chi connectivity index (χ4v) is 3.06. The summed E-state index contributed by atoms with van der Waals surface area (Å²) in [5.41, 5.74) is 2.89. The Morgan fingerprint density at radius 3 is 2.90 bits per heavy atom. The molecule has 30 heavy (non-hydrogen) atoms. The SMILES string of the molecule is COCCCNC(=O)c1ccc2onc(-c3coc(-c4cccc(OC)c4)n3)c2c1. The van der Waals surface area contributed by atoms with Crippen LogP contribution in [0.5, 0.6) is 5.75 Å². The second kappa shape index (κ2) is 8.79. The van der Waals surface area contributed by atoms with Gasteiger partial charge in [-0.15, -0.1) is 0 Å². The summed E-state index contributed by atoms with van der Waals surface area (Å²) < 4.78 is 21.3. The van der Waals surface area contributed by atoms with Gasteiger partial charge in [0.25, 0.3) is 5.91 Å². The lowest BCUT2D eigenvalue weighted by molar-refractivity contribution is 0.0948. The van der Waals surface area contributed by atoms with Crippen LogP contribution >= 0.6 is 0 Å². The van der Waals surface area contributed by atoms with Crippen LogP contribution in [0.2, 0.25) is 0 Å². The van der Waals surface area contributed by atoms with Gasteiger partial charge < -0.3 is 23.7 Å². The van der Waals surface area contributed by atoms with E-state index in [2.05, 4.69) is 15.5 Å². The number of hydrogen-bond donors (Lipinski definition) is 1. The number of amides is 1. The molecule has 2 aromatic heterocycles. The monoisotopic (exact) mass is 407 g/mol. The number of nitrogens with one attached hydrogen (secondary N) is 1. The first-order valence-corrected chi connectivity index (χ1v) is 9.46. The number of rotatable bonds is 8. The highest BCUT2D eigenvalue weighted by molar-refractivity contribution is 6.00. The number of carbonyl (C=O) groups excluding carboxylic acids is 1. The van der Waals surface area contributed by atoms with E-state index in [0.29, 0.717) is 52.7 Å². The van der Waals surface area contributed by atoms with Gasteiger partial charge in [0.2, 0.25) is 5.89 Å². The summed E-state index contributed by atoms with van der Waals surface area (Å²) in [6.45, 7) is 1.13. The largest absolute Gasteiger partial charge is 0.497 e. The van der Waals surface area contributed by atoms with Gasteiger partial charge in [-0.2, -0.15) is 0 Å². The van der Waals surface area contributed by atoms with E-state index < -0.39 is 0 Å². The van der Waals surface area contributed by atoms with Crippen molar-refractivity contribution in [1.29, 1.82) is 0 Å². The van der Waals surface area contributed by atoms with Gasteiger partial charge in [-0.1, -0.05) is 11.2 Å². The van der Waals surface area contributed by atoms with Gasteiger partial charge in [0.15, 0.2) is 5.58 Å². The highest BCUT2D eigenvalue weighted by Gasteiger charge is 2.17. The van der Waals surface area contributed by atoms with E-state index in [1.54, 1.807) is 32.4 Å². The molecule has 4 rings (SSSR count). The van der Waals surface area contributed by atoms with Crippen molar-refractivity contribution in [2.75, 3.05) is 27.4 Å². The second-order valence-corrected chi connectivity index (χ2v) is 6.61. The zero-order valence-corrected chi connectivity index (χ0v) is 16.7. The van der Waals surface area contributed by atoms with Gasteiger partial charge in [0.05, 0.1) is 12.5 Å². The van der Waals surface area contributed by atoms with Gasteiger partial charge in [-0.05, 0) is 42.8 Å². The third-order valence-electron chi connectivity index (χ3n) is 4.61. The molecule has 0 spiro atoms. The molecule has 0 saturated carbocycles. The van der Waals surface area contributed by atoms with Crippen molar-refractivity contribution in [3.63, 3.8) is 0 Å². The Bertz CT molecular complexity index is 1160. The Labute approximate surface area is 172 Å². The summed E-state index contributed by atoms with van der Waals surface area (Å²) in [6, 6.07) is 12.6. The lowest BCUT2D eigenvalue weighted by Gasteiger charge is -2.04. The maximum absolute atomic E-state index is 12.4. The minimum Gasteiger partial charge on any atom is -0.497 e. The predicted octanol–water partition coefficient (Wildman–Crippen LogP) is 3.92. The van der Waals surface area contributed by atoms with E-state index in [1.807, 2.05) is 24.3 Å². The third-order valence-corrected chi connectivity index (χ3v) is 4.61. The van der Waals surface area contributed by atoms with Crippen molar-refractivity contribution in [2.45, 2.75) is 6.42 Å². The molecule has 2 aromatic carbocycles. The van der Waals surface area contributed by atoms with E-state index >= 15 is 0 Å². The van der Waals surface area contributed by atoms with Crippen LogP contribution in [0.1, 0.15) is 16.8 Å². The van der Waals surface area contributed by atoms with E-state index in [0.717, 1.165) is 12.0 Å². The molecule has 1 N–H and O–H groups in total. The minimum absolute atomic E-state index is 0.169. The fourth-order valence-electron chi connectivity index (χ4n) is 3.06. The lowest BCUT2D eigenvalue weighted by Crippen LogP contribution is -2.25. The molecule has 4 aromatic rings. The number of carbonyl (C=O) groups is 1. The molecule has 0 aliphatic rings. The van der Waals surface area contributed by atoms with Crippen LogP contribution in [0.3, 0.4) is 0 Å². The Balaban J connectivity index is 1.60. The first kappa shape index (κ1) is 19.7. The molecule has 1 amide bonds. The normalized spacial score (nSPS) is 11.0. The molecule has 154 valence electrons. The van der Waals surface area contributed by atoms with Gasteiger partial charge >= 0.3 is 0 Å². The quantitative estimate of drug-likeness (QED) is 0.442. The Morgan fingerprint density at radius 2 is 2.07 bits per heavy atom. The van der Waals surface area contributed by atoms with Gasteiger partial charge in [-0.25, -0.2) is 4.98 Å². The molecule has 0 unspecified atom stereocenters. The number of hydrogen-bond acceptors (Lipinski definition) is 7. The van der Waals surface area contributed by atoms with Crippen molar-refractivity contribution in [3.8, 4) is 28.6 Å². The van der Waals surface area contributed by atoms with Crippen LogP contribution in [-0.4, -0.2) is 43.4 Å². The number of oxazole rings is 1. The molecular weight excluding hydrogens is 386 g/mol. The van der Waals surface area contributed by atoms with Crippen LogP contribution in [0, 0.1) is 0 Å². The van der Waals surface area contributed by atoms with Crippen molar-refractivity contribution in [1.82, 2.24) is 15.5 Å². The number of fused-ring (bicyclic) bond motifs is 1. The van der Waals surface area contributed by atoms with Gasteiger partial charge in [-0.3, -0.25) is 4.79 Å². The van der Waals surface area contributed by atoms with E-state index in [4.69, 9.17) is 18.4 Å². The molecule has 0 radical (unpaired) electrons. The molecule has 0 fully saturated rings. The van der Waals surface area contributed by atoms with Crippen LogP contribution in [0.15, 0.2) is 57.7 Å². The maximum atomic E-state index is 12.4. The van der Waals surface area contributed by atoms with E-state index in [9.17, 15) is 4.79 Å². The molecule has 0 aliphatic heterocycles. The van der Waals surface area contributed by atoms with Crippen LogP contribution in [0.4, 0.5) is 0 Å².